The van der Waals surface area contributed by atoms with Crippen LogP contribution >= 0.6 is 27.5 Å². The fourth-order valence-corrected chi connectivity index (χ4v) is 2.28. The molecule has 2 nitrogen and oxygen atoms in total. The predicted molar refractivity (Wildman–Crippen MR) is 73.4 cm³/mol. The molecule has 1 aliphatic carbocycles. The molecule has 0 radical (unpaired) electrons. The Morgan fingerprint density at radius 3 is 2.53 bits per heavy atom. The number of carbonyl (C=O) groups is 1. The molecule has 1 aromatic rings. The fourth-order valence-electron chi connectivity index (χ4n) is 1.82. The number of nitrogens with zero attached hydrogens (tertiary/aromatic N) is 1. The van der Waals surface area contributed by atoms with Crippen LogP contribution in [0.25, 0.3) is 0 Å². The molecular formula is C13H15BrClNO. The van der Waals surface area contributed by atoms with Crippen LogP contribution in [-0.2, 0) is 11.3 Å². The highest BCUT2D eigenvalue weighted by molar-refractivity contribution is 9.09. The van der Waals surface area contributed by atoms with E-state index in [0.29, 0.717) is 19.0 Å². The van der Waals surface area contributed by atoms with E-state index in [1.807, 2.05) is 29.2 Å². The van der Waals surface area contributed by atoms with Crippen LogP contribution in [0.15, 0.2) is 24.3 Å². The topological polar surface area (TPSA) is 20.3 Å². The van der Waals surface area contributed by atoms with Crippen molar-refractivity contribution < 1.29 is 4.79 Å². The first-order chi connectivity index (χ1) is 8.20. The Hall–Kier alpha value is -0.540. The highest BCUT2D eigenvalue weighted by Crippen LogP contribution is 2.29. The van der Waals surface area contributed by atoms with Crippen molar-refractivity contribution in [1.82, 2.24) is 4.90 Å². The lowest BCUT2D eigenvalue weighted by atomic mass is 10.2. The minimum absolute atomic E-state index is 0.235. The Balaban J connectivity index is 2.02. The molecule has 1 aliphatic rings. The third-order valence-electron chi connectivity index (χ3n) is 2.88. The van der Waals surface area contributed by atoms with Crippen molar-refractivity contribution in [2.45, 2.75) is 31.8 Å². The van der Waals surface area contributed by atoms with Crippen LogP contribution in [0.3, 0.4) is 0 Å². The van der Waals surface area contributed by atoms with Crippen LogP contribution < -0.4 is 0 Å². The summed E-state index contributed by atoms with van der Waals surface area (Å²) in [5.74, 6) is 0.235. The summed E-state index contributed by atoms with van der Waals surface area (Å²) in [6, 6.07) is 8.17. The van der Waals surface area contributed by atoms with Crippen LogP contribution in [0.2, 0.25) is 5.02 Å². The number of amides is 1. The van der Waals surface area contributed by atoms with Crippen molar-refractivity contribution in [3.05, 3.63) is 34.9 Å². The molecule has 0 unspecified atom stereocenters. The molecule has 0 atom stereocenters. The maximum atomic E-state index is 12.0. The van der Waals surface area contributed by atoms with Gasteiger partial charge in [-0.15, -0.1) is 0 Å². The molecule has 0 spiro atoms. The lowest BCUT2D eigenvalue weighted by Crippen LogP contribution is -2.32. The van der Waals surface area contributed by atoms with E-state index in [-0.39, 0.29) is 5.91 Å². The number of rotatable bonds is 5. The van der Waals surface area contributed by atoms with Crippen molar-refractivity contribution in [2.75, 3.05) is 5.33 Å². The van der Waals surface area contributed by atoms with Crippen LogP contribution in [0.4, 0.5) is 0 Å². The second kappa shape index (κ2) is 5.87. The van der Waals surface area contributed by atoms with Gasteiger partial charge in [-0.3, -0.25) is 4.79 Å². The van der Waals surface area contributed by atoms with Gasteiger partial charge in [0.2, 0.25) is 5.91 Å². The molecule has 0 aliphatic heterocycles. The van der Waals surface area contributed by atoms with Crippen LogP contribution in [0, 0.1) is 0 Å². The van der Waals surface area contributed by atoms with Gasteiger partial charge in [0.1, 0.15) is 0 Å². The number of carbonyl (C=O) groups excluding carboxylic acids is 1. The second-order valence-corrected chi connectivity index (χ2v) is 5.55. The molecular weight excluding hydrogens is 302 g/mol. The quantitative estimate of drug-likeness (QED) is 0.760. The summed E-state index contributed by atoms with van der Waals surface area (Å²) >= 11 is 9.17. The zero-order chi connectivity index (χ0) is 12.3. The van der Waals surface area contributed by atoms with E-state index in [9.17, 15) is 4.79 Å². The largest absolute Gasteiger partial charge is 0.335 e. The first-order valence-corrected chi connectivity index (χ1v) is 7.30. The lowest BCUT2D eigenvalue weighted by molar-refractivity contribution is -0.131. The summed E-state index contributed by atoms with van der Waals surface area (Å²) < 4.78 is 0. The molecule has 17 heavy (non-hydrogen) atoms. The number of alkyl halides is 1. The standard InChI is InChI=1S/C13H15BrClNO/c14-8-7-13(17)16(12-5-6-12)9-10-1-3-11(15)4-2-10/h1-4,12H,5-9H2. The van der Waals surface area contributed by atoms with Crippen molar-refractivity contribution in [1.29, 1.82) is 0 Å². The number of benzene rings is 1. The average Bonchev–Trinajstić information content (AvgIpc) is 3.12. The molecule has 0 bridgehead atoms. The fraction of sp³-hybridized carbons (Fsp3) is 0.462. The van der Waals surface area contributed by atoms with Crippen molar-refractivity contribution >= 4 is 33.4 Å². The summed E-state index contributed by atoms with van der Waals surface area (Å²) in [7, 11) is 0. The van der Waals surface area contributed by atoms with E-state index in [2.05, 4.69) is 15.9 Å². The van der Waals surface area contributed by atoms with Crippen LogP contribution in [-0.4, -0.2) is 22.2 Å². The van der Waals surface area contributed by atoms with E-state index < -0.39 is 0 Å². The van der Waals surface area contributed by atoms with E-state index >= 15 is 0 Å². The summed E-state index contributed by atoms with van der Waals surface area (Å²) in [6.07, 6.45) is 2.85. The Kier molecular flexibility index (Phi) is 4.46. The summed E-state index contributed by atoms with van der Waals surface area (Å²) in [6.45, 7) is 0.702. The number of halogens is 2. The molecule has 2 rings (SSSR count). The van der Waals surface area contributed by atoms with E-state index in [1.54, 1.807) is 0 Å². The molecule has 1 aromatic carbocycles. The van der Waals surface area contributed by atoms with E-state index in [1.165, 1.54) is 0 Å². The van der Waals surface area contributed by atoms with Gasteiger partial charge in [-0.25, -0.2) is 0 Å². The maximum absolute atomic E-state index is 12.0. The monoisotopic (exact) mass is 315 g/mol. The maximum Gasteiger partial charge on any atom is 0.223 e. The zero-order valence-electron chi connectivity index (χ0n) is 9.53. The molecule has 0 saturated heterocycles. The highest BCUT2D eigenvalue weighted by Gasteiger charge is 2.31. The Bertz CT molecular complexity index is 389. The van der Waals surface area contributed by atoms with Crippen LogP contribution in [0.1, 0.15) is 24.8 Å². The minimum Gasteiger partial charge on any atom is -0.335 e. The van der Waals surface area contributed by atoms with Crippen molar-refractivity contribution in [2.24, 2.45) is 0 Å². The first kappa shape index (κ1) is 12.9. The highest BCUT2D eigenvalue weighted by atomic mass is 79.9. The molecule has 1 fully saturated rings. The van der Waals surface area contributed by atoms with Gasteiger partial charge in [0.15, 0.2) is 0 Å². The molecule has 0 N–H and O–H groups in total. The Morgan fingerprint density at radius 2 is 2.00 bits per heavy atom. The SMILES string of the molecule is O=C(CCBr)N(Cc1ccc(Cl)cc1)C1CC1. The zero-order valence-corrected chi connectivity index (χ0v) is 11.9. The molecule has 1 saturated carbocycles. The molecule has 1 amide bonds. The smallest absolute Gasteiger partial charge is 0.223 e. The Morgan fingerprint density at radius 1 is 1.35 bits per heavy atom. The van der Waals surface area contributed by atoms with Gasteiger partial charge < -0.3 is 4.90 Å². The number of hydrogen-bond donors (Lipinski definition) is 0. The molecule has 92 valence electrons. The van der Waals surface area contributed by atoms with Gasteiger partial charge in [0.25, 0.3) is 0 Å². The third-order valence-corrected chi connectivity index (χ3v) is 3.53. The predicted octanol–water partition coefficient (Wildman–Crippen LogP) is 3.62. The summed E-state index contributed by atoms with van der Waals surface area (Å²) in [5.41, 5.74) is 1.14. The third kappa shape index (κ3) is 3.71. The van der Waals surface area contributed by atoms with Crippen LogP contribution in [0.5, 0.6) is 0 Å². The van der Waals surface area contributed by atoms with Gasteiger partial charge in [-0.05, 0) is 30.5 Å². The normalized spacial score (nSPS) is 14.7. The summed E-state index contributed by atoms with van der Waals surface area (Å²) in [5, 5.41) is 1.47. The van der Waals surface area contributed by atoms with Crippen molar-refractivity contribution in [3.8, 4) is 0 Å². The minimum atomic E-state index is 0.235. The first-order valence-electron chi connectivity index (χ1n) is 5.80. The Labute approximate surface area is 115 Å². The molecule has 0 aromatic heterocycles. The van der Waals surface area contributed by atoms with Gasteiger partial charge in [-0.1, -0.05) is 39.7 Å². The van der Waals surface area contributed by atoms with Gasteiger partial charge in [-0.2, -0.15) is 0 Å². The lowest BCUT2D eigenvalue weighted by Gasteiger charge is -2.22. The number of hydrogen-bond acceptors (Lipinski definition) is 1. The molecule has 0 heterocycles. The second-order valence-electron chi connectivity index (χ2n) is 4.32. The van der Waals surface area contributed by atoms with Gasteiger partial charge in [0, 0.05) is 29.4 Å². The molecule has 4 heteroatoms. The van der Waals surface area contributed by atoms with Gasteiger partial charge >= 0.3 is 0 Å². The van der Waals surface area contributed by atoms with Gasteiger partial charge in [0.05, 0.1) is 0 Å². The van der Waals surface area contributed by atoms with Crippen molar-refractivity contribution in [3.63, 3.8) is 0 Å². The van der Waals surface area contributed by atoms with E-state index in [0.717, 1.165) is 28.8 Å². The van der Waals surface area contributed by atoms with E-state index in [4.69, 9.17) is 11.6 Å². The summed E-state index contributed by atoms with van der Waals surface area (Å²) in [4.78, 5) is 14.0. The average molecular weight is 317 g/mol.